The third kappa shape index (κ3) is 2.22. The van der Waals surface area contributed by atoms with Crippen molar-refractivity contribution in [2.24, 2.45) is 0 Å². The molecule has 0 bridgehead atoms. The standard InChI is InChI=1S/C14H11N3O/c1-2-5-11(6-3-1)18-14-8-4-7-12(16-14)13-9-10-15-17-13/h1-10H,(H,15,17). The summed E-state index contributed by atoms with van der Waals surface area (Å²) in [6, 6.07) is 17.1. The Bertz CT molecular complexity index is 621. The minimum Gasteiger partial charge on any atom is -0.439 e. The van der Waals surface area contributed by atoms with Gasteiger partial charge in [0.15, 0.2) is 0 Å². The Morgan fingerprint density at radius 1 is 0.889 bits per heavy atom. The van der Waals surface area contributed by atoms with Crippen LogP contribution in [0.2, 0.25) is 0 Å². The van der Waals surface area contributed by atoms with Gasteiger partial charge < -0.3 is 4.74 Å². The first-order valence-electron chi connectivity index (χ1n) is 5.61. The van der Waals surface area contributed by atoms with Crippen molar-refractivity contribution in [3.05, 3.63) is 60.8 Å². The zero-order valence-electron chi connectivity index (χ0n) is 9.58. The van der Waals surface area contributed by atoms with Gasteiger partial charge in [-0.2, -0.15) is 5.10 Å². The highest BCUT2D eigenvalue weighted by Crippen LogP contribution is 2.21. The summed E-state index contributed by atoms with van der Waals surface area (Å²) in [7, 11) is 0. The number of ether oxygens (including phenoxy) is 1. The van der Waals surface area contributed by atoms with Crippen LogP contribution in [-0.4, -0.2) is 15.2 Å². The molecule has 1 aromatic carbocycles. The van der Waals surface area contributed by atoms with E-state index in [1.807, 2.05) is 54.6 Å². The van der Waals surface area contributed by atoms with E-state index in [9.17, 15) is 0 Å². The molecule has 4 heteroatoms. The Morgan fingerprint density at radius 3 is 2.56 bits per heavy atom. The summed E-state index contributed by atoms with van der Waals surface area (Å²) in [5, 5.41) is 6.78. The number of aromatic amines is 1. The van der Waals surface area contributed by atoms with Crippen molar-refractivity contribution < 1.29 is 4.74 Å². The first-order valence-corrected chi connectivity index (χ1v) is 5.61. The third-order valence-corrected chi connectivity index (χ3v) is 2.47. The summed E-state index contributed by atoms with van der Waals surface area (Å²) >= 11 is 0. The fourth-order valence-corrected chi connectivity index (χ4v) is 1.63. The van der Waals surface area contributed by atoms with E-state index in [0.717, 1.165) is 17.1 Å². The van der Waals surface area contributed by atoms with Gasteiger partial charge in [0.25, 0.3) is 0 Å². The molecule has 0 saturated heterocycles. The minimum absolute atomic E-state index is 0.563. The average molecular weight is 237 g/mol. The largest absolute Gasteiger partial charge is 0.439 e. The number of H-pyrrole nitrogens is 1. The zero-order valence-corrected chi connectivity index (χ0v) is 9.58. The second-order valence-electron chi connectivity index (χ2n) is 3.75. The zero-order chi connectivity index (χ0) is 12.2. The fraction of sp³-hybridized carbons (Fsp3) is 0. The molecule has 1 N–H and O–H groups in total. The molecule has 3 aromatic rings. The van der Waals surface area contributed by atoms with Crippen molar-refractivity contribution in [2.75, 3.05) is 0 Å². The Balaban J connectivity index is 1.88. The fourth-order valence-electron chi connectivity index (χ4n) is 1.63. The van der Waals surface area contributed by atoms with Crippen LogP contribution < -0.4 is 4.74 Å². The maximum Gasteiger partial charge on any atom is 0.219 e. The van der Waals surface area contributed by atoms with Crippen LogP contribution in [0.1, 0.15) is 0 Å². The molecule has 0 aliphatic carbocycles. The van der Waals surface area contributed by atoms with Crippen molar-refractivity contribution >= 4 is 0 Å². The van der Waals surface area contributed by atoms with Crippen molar-refractivity contribution in [1.29, 1.82) is 0 Å². The molecule has 3 rings (SSSR count). The molecule has 0 aliphatic heterocycles. The second-order valence-corrected chi connectivity index (χ2v) is 3.75. The van der Waals surface area contributed by atoms with E-state index in [1.165, 1.54) is 0 Å². The van der Waals surface area contributed by atoms with Gasteiger partial charge in [-0.05, 0) is 24.3 Å². The van der Waals surface area contributed by atoms with Gasteiger partial charge in [0.05, 0.1) is 11.4 Å². The van der Waals surface area contributed by atoms with Gasteiger partial charge in [-0.25, -0.2) is 4.98 Å². The molecular formula is C14H11N3O. The van der Waals surface area contributed by atoms with E-state index in [4.69, 9.17) is 4.74 Å². The van der Waals surface area contributed by atoms with Crippen LogP contribution in [0.5, 0.6) is 11.6 Å². The van der Waals surface area contributed by atoms with Gasteiger partial charge in [0.1, 0.15) is 5.75 Å². The number of nitrogens with zero attached hydrogens (tertiary/aromatic N) is 2. The van der Waals surface area contributed by atoms with E-state index in [1.54, 1.807) is 6.20 Å². The molecule has 0 spiro atoms. The van der Waals surface area contributed by atoms with Crippen molar-refractivity contribution in [2.45, 2.75) is 0 Å². The second kappa shape index (κ2) is 4.71. The van der Waals surface area contributed by atoms with Gasteiger partial charge in [-0.15, -0.1) is 0 Å². The van der Waals surface area contributed by atoms with Crippen LogP contribution in [0.3, 0.4) is 0 Å². The van der Waals surface area contributed by atoms with E-state index in [2.05, 4.69) is 15.2 Å². The first kappa shape index (κ1) is 10.5. The van der Waals surface area contributed by atoms with Crippen molar-refractivity contribution in [3.8, 4) is 23.0 Å². The molecule has 0 amide bonds. The van der Waals surface area contributed by atoms with Gasteiger partial charge in [0, 0.05) is 12.3 Å². The predicted octanol–water partition coefficient (Wildman–Crippen LogP) is 3.26. The number of benzene rings is 1. The van der Waals surface area contributed by atoms with Crippen LogP contribution in [0, 0.1) is 0 Å². The van der Waals surface area contributed by atoms with Crippen LogP contribution in [0.4, 0.5) is 0 Å². The van der Waals surface area contributed by atoms with Crippen molar-refractivity contribution in [1.82, 2.24) is 15.2 Å². The van der Waals surface area contributed by atoms with Gasteiger partial charge in [0.2, 0.25) is 5.88 Å². The maximum absolute atomic E-state index is 5.67. The molecule has 4 nitrogen and oxygen atoms in total. The monoisotopic (exact) mass is 237 g/mol. The Kier molecular flexibility index (Phi) is 2.75. The van der Waals surface area contributed by atoms with Crippen molar-refractivity contribution in [3.63, 3.8) is 0 Å². The van der Waals surface area contributed by atoms with Crippen LogP contribution in [0.25, 0.3) is 11.4 Å². The Labute approximate surface area is 104 Å². The molecule has 0 radical (unpaired) electrons. The topological polar surface area (TPSA) is 50.8 Å². The van der Waals surface area contributed by atoms with E-state index in [-0.39, 0.29) is 0 Å². The van der Waals surface area contributed by atoms with Gasteiger partial charge in [-0.1, -0.05) is 24.3 Å². The molecule has 88 valence electrons. The molecule has 2 heterocycles. The van der Waals surface area contributed by atoms with Crippen LogP contribution in [-0.2, 0) is 0 Å². The summed E-state index contributed by atoms with van der Waals surface area (Å²) in [5.74, 6) is 1.33. The van der Waals surface area contributed by atoms with Gasteiger partial charge in [-0.3, -0.25) is 5.10 Å². The molecule has 2 aromatic heterocycles. The highest BCUT2D eigenvalue weighted by Gasteiger charge is 2.03. The van der Waals surface area contributed by atoms with Gasteiger partial charge >= 0.3 is 0 Å². The number of nitrogens with one attached hydrogen (secondary N) is 1. The lowest BCUT2D eigenvalue weighted by molar-refractivity contribution is 0.463. The first-order chi connectivity index (χ1) is 8.92. The molecule has 0 unspecified atom stereocenters. The number of pyridine rings is 1. The lowest BCUT2D eigenvalue weighted by atomic mass is 10.3. The van der Waals surface area contributed by atoms with E-state index >= 15 is 0 Å². The van der Waals surface area contributed by atoms with Crippen LogP contribution >= 0.6 is 0 Å². The molecule has 0 saturated carbocycles. The highest BCUT2D eigenvalue weighted by atomic mass is 16.5. The predicted molar refractivity (Wildman–Crippen MR) is 68.3 cm³/mol. The minimum atomic E-state index is 0.563. The summed E-state index contributed by atoms with van der Waals surface area (Å²) in [5.41, 5.74) is 1.68. The number of para-hydroxylation sites is 1. The lowest BCUT2D eigenvalue weighted by Gasteiger charge is -2.05. The quantitative estimate of drug-likeness (QED) is 0.760. The summed E-state index contributed by atoms with van der Waals surface area (Å²) in [6.45, 7) is 0. The SMILES string of the molecule is c1ccc(Oc2cccc(-c3ccn[nH]3)n2)cc1. The maximum atomic E-state index is 5.67. The molecular weight excluding hydrogens is 226 g/mol. The number of rotatable bonds is 3. The third-order valence-electron chi connectivity index (χ3n) is 2.47. The summed E-state index contributed by atoms with van der Waals surface area (Å²) in [6.07, 6.45) is 1.70. The summed E-state index contributed by atoms with van der Waals surface area (Å²) < 4.78 is 5.67. The lowest BCUT2D eigenvalue weighted by Crippen LogP contribution is -1.90. The molecule has 18 heavy (non-hydrogen) atoms. The van der Waals surface area contributed by atoms with Crippen LogP contribution in [0.15, 0.2) is 60.8 Å². The number of hydrogen-bond acceptors (Lipinski definition) is 3. The van der Waals surface area contributed by atoms with E-state index in [0.29, 0.717) is 5.88 Å². The number of aromatic nitrogens is 3. The molecule has 0 aliphatic rings. The van der Waals surface area contributed by atoms with E-state index < -0.39 is 0 Å². The molecule has 0 fully saturated rings. The number of hydrogen-bond donors (Lipinski definition) is 1. The normalized spacial score (nSPS) is 10.2. The highest BCUT2D eigenvalue weighted by molar-refractivity contribution is 5.53. The molecule has 0 atom stereocenters. The smallest absolute Gasteiger partial charge is 0.219 e. The Hall–Kier alpha value is -2.62. The summed E-state index contributed by atoms with van der Waals surface area (Å²) in [4.78, 5) is 4.42. The Morgan fingerprint density at radius 2 is 1.78 bits per heavy atom. The average Bonchev–Trinajstić information content (AvgIpc) is 2.94.